The van der Waals surface area contributed by atoms with Gasteiger partial charge in [0.25, 0.3) is 5.91 Å². The van der Waals surface area contributed by atoms with Gasteiger partial charge in [0.05, 0.1) is 0 Å². The summed E-state index contributed by atoms with van der Waals surface area (Å²) < 4.78 is 11.6. The number of carbonyl (C=O) groups is 1. The van der Waals surface area contributed by atoms with Crippen LogP contribution in [0.1, 0.15) is 66.0 Å². The van der Waals surface area contributed by atoms with Gasteiger partial charge in [-0.3, -0.25) is 4.79 Å². The van der Waals surface area contributed by atoms with Crippen molar-refractivity contribution in [3.8, 4) is 5.75 Å². The molecule has 1 amide bonds. The van der Waals surface area contributed by atoms with Gasteiger partial charge in [-0.2, -0.15) is 0 Å². The predicted molar refractivity (Wildman–Crippen MR) is 112 cm³/mol. The number of nitrogens with one attached hydrogen (secondary N) is 1. The topological polar surface area (TPSA) is 51.5 Å². The van der Waals surface area contributed by atoms with Gasteiger partial charge in [0.2, 0.25) is 0 Å². The molecule has 0 aliphatic heterocycles. The zero-order valence-corrected chi connectivity index (χ0v) is 17.5. The number of rotatable bonds is 6. The highest BCUT2D eigenvalue weighted by Crippen LogP contribution is 2.59. The van der Waals surface area contributed by atoms with Crippen molar-refractivity contribution in [2.24, 2.45) is 23.2 Å². The lowest BCUT2D eigenvalue weighted by atomic mass is 9.49. The monoisotopic (exact) mass is 393 g/mol. The lowest BCUT2D eigenvalue weighted by molar-refractivity contribution is -0.0504. The van der Waals surface area contributed by atoms with E-state index in [1.54, 1.807) is 6.07 Å². The highest BCUT2D eigenvalue weighted by molar-refractivity contribution is 5.91. The maximum absolute atomic E-state index is 12.7. The fourth-order valence-electron chi connectivity index (χ4n) is 6.61. The van der Waals surface area contributed by atoms with E-state index in [1.165, 1.54) is 49.7 Å². The van der Waals surface area contributed by atoms with Crippen molar-refractivity contribution in [3.63, 3.8) is 0 Å². The molecule has 0 atom stereocenters. The normalized spacial score (nSPS) is 29.8. The van der Waals surface area contributed by atoms with Crippen LogP contribution in [0.2, 0.25) is 0 Å². The number of hydrogen-bond acceptors (Lipinski definition) is 3. The number of ether oxygens (including phenoxy) is 1. The van der Waals surface area contributed by atoms with E-state index in [4.69, 9.17) is 9.15 Å². The average Bonchev–Trinajstić information content (AvgIpc) is 3.12. The molecule has 4 bridgehead atoms. The van der Waals surface area contributed by atoms with E-state index in [0.29, 0.717) is 23.5 Å². The summed E-state index contributed by atoms with van der Waals surface area (Å²) in [5.74, 6) is 4.48. The summed E-state index contributed by atoms with van der Waals surface area (Å²) >= 11 is 0. The fraction of sp³-hybridized carbons (Fsp3) is 0.560. The van der Waals surface area contributed by atoms with Gasteiger partial charge >= 0.3 is 0 Å². The molecule has 4 fully saturated rings. The van der Waals surface area contributed by atoms with Gasteiger partial charge < -0.3 is 14.5 Å². The third-order valence-corrected chi connectivity index (χ3v) is 7.25. The first-order valence-corrected chi connectivity index (χ1v) is 11.0. The van der Waals surface area contributed by atoms with Crippen LogP contribution in [0.4, 0.5) is 0 Å². The molecule has 1 aromatic heterocycles. The second kappa shape index (κ2) is 7.23. The Morgan fingerprint density at radius 3 is 2.28 bits per heavy atom. The van der Waals surface area contributed by atoms with Crippen LogP contribution < -0.4 is 10.1 Å². The molecule has 1 N–H and O–H groups in total. The fourth-order valence-corrected chi connectivity index (χ4v) is 6.61. The first-order valence-electron chi connectivity index (χ1n) is 11.0. The molecule has 4 aliphatic rings. The molecule has 6 rings (SSSR count). The quantitative estimate of drug-likeness (QED) is 0.713. The minimum atomic E-state index is -0.0987. The summed E-state index contributed by atoms with van der Waals surface area (Å²) in [4.78, 5) is 12.7. The van der Waals surface area contributed by atoms with Gasteiger partial charge in [-0.15, -0.1) is 0 Å². The van der Waals surface area contributed by atoms with Crippen LogP contribution in [0.5, 0.6) is 5.75 Å². The molecule has 0 radical (unpaired) electrons. The van der Waals surface area contributed by atoms with Crippen LogP contribution in [0.25, 0.3) is 0 Å². The Kier molecular flexibility index (Phi) is 4.68. The van der Waals surface area contributed by atoms with Gasteiger partial charge in [-0.25, -0.2) is 0 Å². The smallest absolute Gasteiger partial charge is 0.287 e. The average molecular weight is 394 g/mol. The molecule has 0 unspecified atom stereocenters. The molecule has 29 heavy (non-hydrogen) atoms. The van der Waals surface area contributed by atoms with Crippen LogP contribution >= 0.6 is 0 Å². The summed E-state index contributed by atoms with van der Waals surface area (Å²) in [6.07, 6.45) is 8.17. The van der Waals surface area contributed by atoms with Crippen molar-refractivity contribution in [3.05, 3.63) is 53.0 Å². The number of carbonyl (C=O) groups excluding carboxylic acids is 1. The standard InChI is InChI=1S/C25H31NO3/c1-16-5-17(2)7-22(6-16)28-14-21-3-4-23(29-21)24(27)26-15-25-11-18-8-19(12-25)10-20(9-18)13-25/h3-7,18-20H,8-15H2,1-2H3,(H,26,27). The van der Waals surface area contributed by atoms with Crippen molar-refractivity contribution in [2.75, 3.05) is 6.54 Å². The molecular weight excluding hydrogens is 362 g/mol. The lowest BCUT2D eigenvalue weighted by Gasteiger charge is -2.56. The van der Waals surface area contributed by atoms with Gasteiger partial charge in [0, 0.05) is 6.54 Å². The third kappa shape index (κ3) is 3.94. The molecule has 4 heteroatoms. The second-order valence-corrected chi connectivity index (χ2v) is 9.98. The lowest BCUT2D eigenvalue weighted by Crippen LogP contribution is -2.51. The minimum Gasteiger partial charge on any atom is -0.486 e. The molecule has 154 valence electrons. The summed E-state index contributed by atoms with van der Waals surface area (Å²) in [5, 5.41) is 3.18. The first kappa shape index (κ1) is 18.8. The molecular formula is C25H31NO3. The molecule has 4 nitrogen and oxygen atoms in total. The SMILES string of the molecule is Cc1cc(C)cc(OCc2ccc(C(=O)NCC34CC5CC(CC(C5)C3)C4)o2)c1. The Morgan fingerprint density at radius 2 is 1.66 bits per heavy atom. The number of hydrogen-bond donors (Lipinski definition) is 1. The van der Waals surface area contributed by atoms with E-state index in [2.05, 4.69) is 25.2 Å². The molecule has 4 saturated carbocycles. The van der Waals surface area contributed by atoms with Gasteiger partial charge in [0.15, 0.2) is 5.76 Å². The van der Waals surface area contributed by atoms with Crippen LogP contribution in [0.15, 0.2) is 34.7 Å². The Bertz CT molecular complexity index is 857. The van der Waals surface area contributed by atoms with E-state index in [1.807, 2.05) is 18.2 Å². The zero-order chi connectivity index (χ0) is 20.0. The summed E-state index contributed by atoms with van der Waals surface area (Å²) in [6.45, 7) is 5.23. The molecule has 0 spiro atoms. The zero-order valence-electron chi connectivity index (χ0n) is 17.5. The molecule has 4 aliphatic carbocycles. The van der Waals surface area contributed by atoms with Crippen LogP contribution in [0, 0.1) is 37.0 Å². The van der Waals surface area contributed by atoms with Crippen molar-refractivity contribution in [1.29, 1.82) is 0 Å². The number of amides is 1. The first-order chi connectivity index (χ1) is 14.0. The van der Waals surface area contributed by atoms with Crippen LogP contribution in [-0.2, 0) is 6.61 Å². The largest absolute Gasteiger partial charge is 0.486 e. The highest BCUT2D eigenvalue weighted by Gasteiger charge is 2.50. The number of benzene rings is 1. The third-order valence-electron chi connectivity index (χ3n) is 7.25. The number of furan rings is 1. The number of aryl methyl sites for hydroxylation is 2. The van der Waals surface area contributed by atoms with Crippen molar-refractivity contribution in [2.45, 2.75) is 59.0 Å². The van der Waals surface area contributed by atoms with Gasteiger partial charge in [-0.1, -0.05) is 6.07 Å². The Labute approximate surface area is 173 Å². The van der Waals surface area contributed by atoms with Crippen molar-refractivity contribution < 1.29 is 13.9 Å². The summed E-state index contributed by atoms with van der Waals surface area (Å²) in [5.41, 5.74) is 2.68. The Hall–Kier alpha value is -2.23. The second-order valence-electron chi connectivity index (χ2n) is 9.98. The van der Waals surface area contributed by atoms with E-state index >= 15 is 0 Å². The highest BCUT2D eigenvalue weighted by atomic mass is 16.5. The Morgan fingerprint density at radius 1 is 1.03 bits per heavy atom. The summed E-state index contributed by atoms with van der Waals surface area (Å²) in [6, 6.07) is 9.73. The maximum Gasteiger partial charge on any atom is 0.287 e. The molecule has 0 saturated heterocycles. The van der Waals surface area contributed by atoms with Crippen molar-refractivity contribution in [1.82, 2.24) is 5.32 Å². The maximum atomic E-state index is 12.7. The van der Waals surface area contributed by atoms with E-state index < -0.39 is 0 Å². The van der Waals surface area contributed by atoms with E-state index in [0.717, 1.165) is 30.0 Å². The van der Waals surface area contributed by atoms with E-state index in [9.17, 15) is 4.79 Å². The summed E-state index contributed by atoms with van der Waals surface area (Å²) in [7, 11) is 0. The van der Waals surface area contributed by atoms with Gasteiger partial charge in [0.1, 0.15) is 18.1 Å². The molecule has 1 heterocycles. The van der Waals surface area contributed by atoms with Crippen LogP contribution in [0.3, 0.4) is 0 Å². The molecule has 2 aromatic rings. The van der Waals surface area contributed by atoms with E-state index in [-0.39, 0.29) is 5.91 Å². The van der Waals surface area contributed by atoms with Crippen LogP contribution in [-0.4, -0.2) is 12.5 Å². The Balaban J connectivity index is 1.17. The molecule has 1 aromatic carbocycles. The van der Waals surface area contributed by atoms with Crippen molar-refractivity contribution >= 4 is 5.91 Å². The van der Waals surface area contributed by atoms with Gasteiger partial charge in [-0.05, 0) is 111 Å². The minimum absolute atomic E-state index is 0.0987. The predicted octanol–water partition coefficient (Wildman–Crippen LogP) is 5.42.